The molecule has 4 heteroatoms. The van der Waals surface area contributed by atoms with Crippen molar-refractivity contribution in [2.75, 3.05) is 14.2 Å². The predicted octanol–water partition coefficient (Wildman–Crippen LogP) is 3.92. The molecule has 1 aromatic carbocycles. The summed E-state index contributed by atoms with van der Waals surface area (Å²) >= 11 is 3.60. The lowest BCUT2D eigenvalue weighted by molar-refractivity contribution is -0.0550. The summed E-state index contributed by atoms with van der Waals surface area (Å²) in [5.41, 5.74) is 1.16. The number of hydrogen-bond donors (Lipinski definition) is 0. The van der Waals surface area contributed by atoms with Crippen LogP contribution in [-0.4, -0.2) is 31.3 Å². The second kappa shape index (κ2) is 5.94. The maximum absolute atomic E-state index is 6.17. The van der Waals surface area contributed by atoms with E-state index >= 15 is 0 Å². The Kier molecular flexibility index (Phi) is 4.65. The molecule has 1 aromatic rings. The van der Waals surface area contributed by atoms with E-state index in [-0.39, 0.29) is 17.6 Å². The molecule has 0 N–H and O–H groups in total. The lowest BCUT2D eigenvalue weighted by Gasteiger charge is -2.41. The van der Waals surface area contributed by atoms with Crippen LogP contribution in [0.1, 0.15) is 32.8 Å². The molecule has 1 aliphatic carbocycles. The standard InChI is InChI=1S/C16H23BrO3/c1-16(2,3)11-8-10(18-4)6-7-13(11)20-14-9-12(17)15(14)19-5/h6-8,12,14-15H,9H2,1-5H3. The third-order valence-corrected chi connectivity index (χ3v) is 4.62. The molecule has 0 radical (unpaired) electrons. The molecule has 112 valence electrons. The van der Waals surface area contributed by atoms with E-state index in [1.165, 1.54) is 0 Å². The van der Waals surface area contributed by atoms with Crippen molar-refractivity contribution >= 4 is 15.9 Å². The minimum Gasteiger partial charge on any atom is -0.497 e. The van der Waals surface area contributed by atoms with E-state index in [0.717, 1.165) is 23.5 Å². The van der Waals surface area contributed by atoms with Crippen molar-refractivity contribution < 1.29 is 14.2 Å². The summed E-state index contributed by atoms with van der Waals surface area (Å²) in [6, 6.07) is 5.99. The van der Waals surface area contributed by atoms with Gasteiger partial charge >= 0.3 is 0 Å². The summed E-state index contributed by atoms with van der Waals surface area (Å²) in [6.45, 7) is 6.53. The average Bonchev–Trinajstić information content (AvgIpc) is 2.37. The van der Waals surface area contributed by atoms with Gasteiger partial charge in [0.05, 0.1) is 7.11 Å². The first-order chi connectivity index (χ1) is 9.36. The van der Waals surface area contributed by atoms with Crippen molar-refractivity contribution in [1.29, 1.82) is 0 Å². The van der Waals surface area contributed by atoms with Crippen LogP contribution in [0.15, 0.2) is 18.2 Å². The lowest BCUT2D eigenvalue weighted by Crippen LogP contribution is -2.52. The first-order valence-corrected chi connectivity index (χ1v) is 7.80. The number of ether oxygens (including phenoxy) is 3. The van der Waals surface area contributed by atoms with Crippen molar-refractivity contribution in [2.45, 2.75) is 49.6 Å². The van der Waals surface area contributed by atoms with E-state index in [4.69, 9.17) is 14.2 Å². The molecule has 0 spiro atoms. The minimum atomic E-state index is 0.00396. The highest BCUT2D eigenvalue weighted by atomic mass is 79.9. The van der Waals surface area contributed by atoms with Crippen LogP contribution in [0.4, 0.5) is 0 Å². The first kappa shape index (κ1) is 15.6. The third-order valence-electron chi connectivity index (χ3n) is 3.73. The molecule has 0 bridgehead atoms. The Hall–Kier alpha value is -0.740. The molecule has 0 heterocycles. The molecule has 0 aliphatic heterocycles. The molecule has 0 saturated heterocycles. The number of benzene rings is 1. The van der Waals surface area contributed by atoms with E-state index in [9.17, 15) is 0 Å². The zero-order valence-electron chi connectivity index (χ0n) is 12.8. The van der Waals surface area contributed by atoms with Crippen LogP contribution in [-0.2, 0) is 10.2 Å². The van der Waals surface area contributed by atoms with Gasteiger partial charge in [0.2, 0.25) is 0 Å². The second-order valence-electron chi connectivity index (χ2n) is 6.22. The minimum absolute atomic E-state index is 0.00396. The summed E-state index contributed by atoms with van der Waals surface area (Å²) in [4.78, 5) is 0.383. The number of alkyl halides is 1. The van der Waals surface area contributed by atoms with E-state index in [1.807, 2.05) is 12.1 Å². The highest BCUT2D eigenvalue weighted by Gasteiger charge is 2.42. The smallest absolute Gasteiger partial charge is 0.127 e. The number of methoxy groups -OCH3 is 2. The van der Waals surface area contributed by atoms with Crippen molar-refractivity contribution in [3.63, 3.8) is 0 Å². The highest BCUT2D eigenvalue weighted by Crippen LogP contribution is 2.39. The van der Waals surface area contributed by atoms with Gasteiger partial charge in [-0.15, -0.1) is 0 Å². The molecule has 3 unspecified atom stereocenters. The van der Waals surface area contributed by atoms with E-state index in [1.54, 1.807) is 14.2 Å². The van der Waals surface area contributed by atoms with Crippen molar-refractivity contribution in [3.05, 3.63) is 23.8 Å². The van der Waals surface area contributed by atoms with Crippen LogP contribution < -0.4 is 9.47 Å². The summed E-state index contributed by atoms with van der Waals surface area (Å²) < 4.78 is 16.9. The molecular formula is C16H23BrO3. The Balaban J connectivity index is 2.23. The van der Waals surface area contributed by atoms with Gasteiger partial charge in [0.1, 0.15) is 23.7 Å². The summed E-state index contributed by atoms with van der Waals surface area (Å²) in [5, 5.41) is 0. The first-order valence-electron chi connectivity index (χ1n) is 6.89. The van der Waals surface area contributed by atoms with Gasteiger partial charge in [-0.1, -0.05) is 36.7 Å². The highest BCUT2D eigenvalue weighted by molar-refractivity contribution is 9.09. The fraction of sp³-hybridized carbons (Fsp3) is 0.625. The van der Waals surface area contributed by atoms with Crippen molar-refractivity contribution in [3.8, 4) is 11.5 Å². The Bertz CT molecular complexity index is 467. The molecule has 1 saturated carbocycles. The Morgan fingerprint density at radius 3 is 2.40 bits per heavy atom. The summed E-state index contributed by atoms with van der Waals surface area (Å²) in [7, 11) is 3.41. The molecule has 20 heavy (non-hydrogen) atoms. The van der Waals surface area contributed by atoms with Crippen LogP contribution in [0.3, 0.4) is 0 Å². The zero-order chi connectivity index (χ0) is 14.9. The van der Waals surface area contributed by atoms with Crippen LogP contribution >= 0.6 is 15.9 Å². The van der Waals surface area contributed by atoms with E-state index < -0.39 is 0 Å². The Labute approximate surface area is 129 Å². The third kappa shape index (κ3) is 3.12. The normalized spacial score (nSPS) is 26.0. The molecule has 0 aromatic heterocycles. The van der Waals surface area contributed by atoms with Gasteiger partial charge in [-0.3, -0.25) is 0 Å². The fourth-order valence-electron chi connectivity index (χ4n) is 2.43. The van der Waals surface area contributed by atoms with Gasteiger partial charge in [-0.2, -0.15) is 0 Å². The molecule has 1 fully saturated rings. The van der Waals surface area contributed by atoms with Gasteiger partial charge in [0.25, 0.3) is 0 Å². The fourth-order valence-corrected chi connectivity index (χ4v) is 3.35. The molecule has 0 amide bonds. The number of halogens is 1. The van der Waals surface area contributed by atoms with Crippen LogP contribution in [0.5, 0.6) is 11.5 Å². The van der Waals surface area contributed by atoms with Crippen LogP contribution in [0, 0.1) is 0 Å². The predicted molar refractivity (Wildman–Crippen MR) is 84.2 cm³/mol. The summed E-state index contributed by atoms with van der Waals surface area (Å²) in [5.74, 6) is 1.78. The molecule has 2 rings (SSSR count). The summed E-state index contributed by atoms with van der Waals surface area (Å²) in [6.07, 6.45) is 1.19. The molecule has 3 nitrogen and oxygen atoms in total. The van der Waals surface area contributed by atoms with Crippen LogP contribution in [0.2, 0.25) is 0 Å². The van der Waals surface area contributed by atoms with Crippen molar-refractivity contribution in [2.24, 2.45) is 0 Å². The van der Waals surface area contributed by atoms with Gasteiger partial charge in [0.15, 0.2) is 0 Å². The molecule has 3 atom stereocenters. The maximum Gasteiger partial charge on any atom is 0.127 e. The average molecular weight is 343 g/mol. The van der Waals surface area contributed by atoms with E-state index in [0.29, 0.717) is 4.83 Å². The maximum atomic E-state index is 6.17. The second-order valence-corrected chi connectivity index (χ2v) is 7.40. The van der Waals surface area contributed by atoms with Gasteiger partial charge in [0, 0.05) is 23.9 Å². The number of hydrogen-bond acceptors (Lipinski definition) is 3. The van der Waals surface area contributed by atoms with Gasteiger partial charge < -0.3 is 14.2 Å². The van der Waals surface area contributed by atoms with Crippen LogP contribution in [0.25, 0.3) is 0 Å². The zero-order valence-corrected chi connectivity index (χ0v) is 14.4. The molecular weight excluding hydrogens is 320 g/mol. The van der Waals surface area contributed by atoms with Gasteiger partial charge in [-0.05, 0) is 23.6 Å². The Morgan fingerprint density at radius 2 is 1.90 bits per heavy atom. The van der Waals surface area contributed by atoms with Gasteiger partial charge in [-0.25, -0.2) is 0 Å². The van der Waals surface area contributed by atoms with Crippen molar-refractivity contribution in [1.82, 2.24) is 0 Å². The number of rotatable bonds is 4. The quantitative estimate of drug-likeness (QED) is 0.776. The van der Waals surface area contributed by atoms with E-state index in [2.05, 4.69) is 42.8 Å². The monoisotopic (exact) mass is 342 g/mol. The largest absolute Gasteiger partial charge is 0.497 e. The molecule has 1 aliphatic rings. The SMILES string of the molecule is COc1ccc(OC2CC(Br)C2OC)c(C(C)(C)C)c1. The topological polar surface area (TPSA) is 27.7 Å². The Morgan fingerprint density at radius 1 is 1.20 bits per heavy atom. The lowest BCUT2D eigenvalue weighted by atomic mass is 9.85.